The topological polar surface area (TPSA) is 9.23 Å². The molecule has 0 aliphatic heterocycles. The average Bonchev–Trinajstić information content (AvgIpc) is 2.68. The van der Waals surface area contributed by atoms with E-state index in [0.29, 0.717) is 0 Å². The molecule has 0 amide bonds. The second kappa shape index (κ2) is 6.27. The largest absolute Gasteiger partial charge is 0.496 e. The highest BCUT2D eigenvalue weighted by Gasteiger charge is 2.18. The van der Waals surface area contributed by atoms with Crippen molar-refractivity contribution in [1.29, 1.82) is 0 Å². The van der Waals surface area contributed by atoms with Crippen molar-refractivity contribution in [2.75, 3.05) is 7.11 Å². The highest BCUT2D eigenvalue weighted by Crippen LogP contribution is 2.44. The van der Waals surface area contributed by atoms with Gasteiger partial charge in [0.1, 0.15) is 10.1 Å². The second-order valence-corrected chi connectivity index (χ2v) is 7.89. The summed E-state index contributed by atoms with van der Waals surface area (Å²) < 4.78 is 8.08. The lowest BCUT2D eigenvalue weighted by atomic mass is 10.1. The average molecular weight is 475 g/mol. The summed E-state index contributed by atoms with van der Waals surface area (Å²) in [4.78, 5) is 1.20. The molecule has 1 heterocycles. The summed E-state index contributed by atoms with van der Waals surface area (Å²) in [5.41, 5.74) is 1.08. The Kier molecular flexibility index (Phi) is 5.17. The Labute approximate surface area is 140 Å². The van der Waals surface area contributed by atoms with Crippen LogP contribution in [-0.2, 0) is 0 Å². The summed E-state index contributed by atoms with van der Waals surface area (Å²) in [6.45, 7) is 0. The highest BCUT2D eigenvalue weighted by atomic mass is 79.9. The van der Waals surface area contributed by atoms with Gasteiger partial charge in [0, 0.05) is 19.4 Å². The van der Waals surface area contributed by atoms with E-state index in [1.165, 1.54) is 0 Å². The van der Waals surface area contributed by atoms with Crippen molar-refractivity contribution in [2.24, 2.45) is 0 Å². The van der Waals surface area contributed by atoms with E-state index < -0.39 is 0 Å². The summed E-state index contributed by atoms with van der Waals surface area (Å²) in [6, 6.07) is 8.00. The van der Waals surface area contributed by atoms with Gasteiger partial charge in [0.15, 0.2) is 0 Å². The number of alkyl halides is 1. The molecular weight excluding hydrogens is 467 g/mol. The Bertz CT molecular complexity index is 551. The van der Waals surface area contributed by atoms with E-state index in [1.54, 1.807) is 18.4 Å². The summed E-state index contributed by atoms with van der Waals surface area (Å²) in [5.74, 6) is 0.840. The van der Waals surface area contributed by atoms with Crippen molar-refractivity contribution in [2.45, 2.75) is 4.83 Å². The molecular formula is C12H8Br3ClOS. The third kappa shape index (κ3) is 3.12. The van der Waals surface area contributed by atoms with Gasteiger partial charge in [0.05, 0.1) is 11.9 Å². The van der Waals surface area contributed by atoms with Gasteiger partial charge in [-0.25, -0.2) is 0 Å². The van der Waals surface area contributed by atoms with Crippen LogP contribution in [0.25, 0.3) is 0 Å². The molecule has 2 rings (SSSR count). The van der Waals surface area contributed by atoms with E-state index in [9.17, 15) is 0 Å². The molecule has 6 heteroatoms. The molecule has 0 fully saturated rings. The fraction of sp³-hybridized carbons (Fsp3) is 0.167. The van der Waals surface area contributed by atoms with Crippen LogP contribution < -0.4 is 4.74 Å². The molecule has 0 spiro atoms. The number of methoxy groups -OCH3 is 1. The van der Waals surface area contributed by atoms with Crippen molar-refractivity contribution < 1.29 is 4.74 Å². The minimum atomic E-state index is 0.0642. The predicted molar refractivity (Wildman–Crippen MR) is 88.5 cm³/mol. The lowest BCUT2D eigenvalue weighted by Crippen LogP contribution is -1.95. The highest BCUT2D eigenvalue weighted by molar-refractivity contribution is 9.11. The van der Waals surface area contributed by atoms with Crippen molar-refractivity contribution in [3.8, 4) is 5.75 Å². The van der Waals surface area contributed by atoms with Crippen molar-refractivity contribution in [3.05, 3.63) is 48.0 Å². The zero-order valence-corrected chi connectivity index (χ0v) is 15.5. The minimum Gasteiger partial charge on any atom is -0.496 e. The first-order valence-electron chi connectivity index (χ1n) is 4.95. The molecule has 1 aromatic carbocycles. The van der Waals surface area contributed by atoms with Gasteiger partial charge in [-0.05, 0) is 34.1 Å². The Balaban J connectivity index is 2.42. The van der Waals surface area contributed by atoms with E-state index in [2.05, 4.69) is 47.8 Å². The summed E-state index contributed by atoms with van der Waals surface area (Å²) in [6.07, 6.45) is 0. The molecule has 0 saturated heterocycles. The quantitative estimate of drug-likeness (QED) is 0.466. The summed E-state index contributed by atoms with van der Waals surface area (Å²) >= 11 is 18.2. The van der Waals surface area contributed by atoms with Gasteiger partial charge in [-0.1, -0.05) is 49.5 Å². The fourth-order valence-corrected chi connectivity index (χ4v) is 4.40. The van der Waals surface area contributed by atoms with Gasteiger partial charge in [-0.2, -0.15) is 0 Å². The number of hydrogen-bond acceptors (Lipinski definition) is 2. The van der Waals surface area contributed by atoms with Gasteiger partial charge in [0.2, 0.25) is 0 Å². The van der Waals surface area contributed by atoms with Crippen LogP contribution in [0.4, 0.5) is 0 Å². The number of thiophene rings is 1. The summed E-state index contributed by atoms with van der Waals surface area (Å²) in [5, 5.41) is 0. The van der Waals surface area contributed by atoms with Crippen LogP contribution in [0.3, 0.4) is 0 Å². The monoisotopic (exact) mass is 472 g/mol. The molecule has 0 N–H and O–H groups in total. The van der Waals surface area contributed by atoms with Crippen molar-refractivity contribution in [1.82, 2.24) is 0 Å². The van der Waals surface area contributed by atoms with E-state index in [0.717, 1.165) is 29.5 Å². The molecule has 96 valence electrons. The minimum absolute atomic E-state index is 0.0642. The molecule has 0 radical (unpaired) electrons. The van der Waals surface area contributed by atoms with Gasteiger partial charge in [-0.15, -0.1) is 11.3 Å². The van der Waals surface area contributed by atoms with Crippen LogP contribution in [0, 0.1) is 0 Å². The Hall–Kier alpha value is 0.450. The fourth-order valence-electron chi connectivity index (χ4n) is 1.54. The lowest BCUT2D eigenvalue weighted by Gasteiger charge is -2.13. The number of ether oxygens (including phenoxy) is 1. The van der Waals surface area contributed by atoms with E-state index >= 15 is 0 Å². The van der Waals surface area contributed by atoms with Crippen LogP contribution in [0.15, 0.2) is 33.2 Å². The number of benzene rings is 1. The Morgan fingerprint density at radius 1 is 1.28 bits per heavy atom. The molecule has 1 unspecified atom stereocenters. The first kappa shape index (κ1) is 14.9. The maximum absolute atomic E-state index is 6.07. The number of hydrogen-bond donors (Lipinski definition) is 0. The van der Waals surface area contributed by atoms with E-state index in [-0.39, 0.29) is 4.83 Å². The lowest BCUT2D eigenvalue weighted by molar-refractivity contribution is 0.410. The maximum Gasteiger partial charge on any atom is 0.124 e. The van der Waals surface area contributed by atoms with Gasteiger partial charge in [-0.3, -0.25) is 0 Å². The molecule has 1 nitrogen and oxygen atoms in total. The molecule has 0 saturated carbocycles. The molecule has 18 heavy (non-hydrogen) atoms. The Morgan fingerprint density at radius 3 is 2.56 bits per heavy atom. The predicted octanol–water partition coefficient (Wildman–Crippen LogP) is 6.42. The second-order valence-electron chi connectivity index (χ2n) is 3.52. The van der Waals surface area contributed by atoms with Crippen molar-refractivity contribution in [3.63, 3.8) is 0 Å². The first-order valence-corrected chi connectivity index (χ1v) is 8.64. The van der Waals surface area contributed by atoms with Crippen LogP contribution in [0.1, 0.15) is 15.3 Å². The molecule has 0 aliphatic rings. The first-order chi connectivity index (χ1) is 8.52. The number of rotatable bonds is 3. The molecule has 1 aromatic heterocycles. The molecule has 0 bridgehead atoms. The summed E-state index contributed by atoms with van der Waals surface area (Å²) in [7, 11) is 1.67. The molecule has 0 aliphatic carbocycles. The third-order valence-corrected chi connectivity index (χ3v) is 6.70. The zero-order valence-electron chi connectivity index (χ0n) is 9.22. The zero-order chi connectivity index (χ0) is 13.3. The third-order valence-electron chi connectivity index (χ3n) is 2.38. The van der Waals surface area contributed by atoms with Gasteiger partial charge >= 0.3 is 0 Å². The van der Waals surface area contributed by atoms with Gasteiger partial charge < -0.3 is 4.74 Å². The van der Waals surface area contributed by atoms with E-state index in [1.807, 2.05) is 24.3 Å². The standard InChI is InChI=1S/C12H8Br3ClOS/c1-17-9-4-6(13)2-3-7(9)11(15)10-5-8(14)12(16)18-10/h2-5,11H,1H3. The van der Waals surface area contributed by atoms with Crippen LogP contribution in [0.5, 0.6) is 5.75 Å². The SMILES string of the molecule is COc1cc(Br)ccc1C(Br)c1cc(Br)c(Cl)s1. The van der Waals surface area contributed by atoms with Gasteiger partial charge in [0.25, 0.3) is 0 Å². The molecule has 1 atom stereocenters. The number of halogens is 4. The van der Waals surface area contributed by atoms with E-state index in [4.69, 9.17) is 16.3 Å². The van der Waals surface area contributed by atoms with Crippen LogP contribution in [0.2, 0.25) is 4.34 Å². The normalized spacial score (nSPS) is 12.5. The van der Waals surface area contributed by atoms with Crippen LogP contribution >= 0.6 is 70.7 Å². The maximum atomic E-state index is 6.07. The van der Waals surface area contributed by atoms with Crippen molar-refractivity contribution >= 4 is 70.7 Å². The molecule has 2 aromatic rings. The smallest absolute Gasteiger partial charge is 0.124 e. The Morgan fingerprint density at radius 2 is 2.00 bits per heavy atom. The van der Waals surface area contributed by atoms with Crippen LogP contribution in [-0.4, -0.2) is 7.11 Å².